The summed E-state index contributed by atoms with van der Waals surface area (Å²) in [5.74, 6) is 0.398. The molecule has 110 valence electrons. The molecule has 1 unspecified atom stereocenters. The summed E-state index contributed by atoms with van der Waals surface area (Å²) in [5.41, 5.74) is -0.980. The van der Waals surface area contributed by atoms with Crippen LogP contribution < -0.4 is 5.63 Å². The second kappa shape index (κ2) is 5.15. The smallest absolute Gasteiger partial charge is 0.344 e. The molecule has 1 saturated heterocycles. The van der Waals surface area contributed by atoms with E-state index in [1.54, 1.807) is 17.0 Å². The fourth-order valence-corrected chi connectivity index (χ4v) is 3.92. The third-order valence-corrected chi connectivity index (χ3v) is 4.88. The lowest BCUT2D eigenvalue weighted by Gasteiger charge is -2.30. The Balaban J connectivity index is 0.00000132. The molecule has 2 aliphatic heterocycles. The lowest BCUT2D eigenvalue weighted by molar-refractivity contribution is -0.0449. The summed E-state index contributed by atoms with van der Waals surface area (Å²) < 4.78 is 5.33. The van der Waals surface area contributed by atoms with Gasteiger partial charge in [0.2, 0.25) is 0 Å². The molecule has 1 N–H and O–H groups in total. The SMILES string of the molecule is Br.O=c1oc2ccccc2cc1C1(O)CSC2=NCCN21. The minimum absolute atomic E-state index is 0. The molecule has 3 heterocycles. The normalized spacial score (nSPS) is 23.9. The number of aliphatic hydroxyl groups is 1. The number of hydrogen-bond donors (Lipinski definition) is 1. The van der Waals surface area contributed by atoms with Gasteiger partial charge in [-0.05, 0) is 12.1 Å². The average Bonchev–Trinajstić information content (AvgIpc) is 3.03. The summed E-state index contributed by atoms with van der Waals surface area (Å²) in [6.07, 6.45) is 0. The second-order valence-electron chi connectivity index (χ2n) is 4.91. The molecule has 2 aliphatic rings. The first-order valence-electron chi connectivity index (χ1n) is 6.39. The summed E-state index contributed by atoms with van der Waals surface area (Å²) in [6.45, 7) is 1.29. The van der Waals surface area contributed by atoms with E-state index < -0.39 is 11.4 Å². The van der Waals surface area contributed by atoms with Gasteiger partial charge >= 0.3 is 5.63 Å². The molecule has 21 heavy (non-hydrogen) atoms. The van der Waals surface area contributed by atoms with Gasteiger partial charge in [-0.25, -0.2) is 4.79 Å². The molecule has 1 fully saturated rings. The predicted molar refractivity (Wildman–Crippen MR) is 88.2 cm³/mol. The van der Waals surface area contributed by atoms with Crippen LogP contribution in [0.5, 0.6) is 0 Å². The summed E-state index contributed by atoms with van der Waals surface area (Å²) in [6, 6.07) is 9.03. The number of fused-ring (bicyclic) bond motifs is 2. The summed E-state index contributed by atoms with van der Waals surface area (Å²) >= 11 is 1.47. The molecular weight excluding hydrogens is 356 g/mol. The molecule has 0 saturated carbocycles. The number of amidine groups is 1. The average molecular weight is 369 g/mol. The number of halogens is 1. The van der Waals surface area contributed by atoms with Crippen molar-refractivity contribution in [3.63, 3.8) is 0 Å². The lowest BCUT2D eigenvalue weighted by atomic mass is 10.0. The number of para-hydroxylation sites is 1. The minimum atomic E-state index is -1.31. The van der Waals surface area contributed by atoms with Crippen LogP contribution in [-0.2, 0) is 5.72 Å². The van der Waals surface area contributed by atoms with Gasteiger partial charge in [-0.3, -0.25) is 4.99 Å². The summed E-state index contributed by atoms with van der Waals surface area (Å²) in [5, 5.41) is 12.6. The Hall–Kier alpha value is -1.31. The maximum absolute atomic E-state index is 12.2. The third-order valence-electron chi connectivity index (χ3n) is 3.72. The minimum Gasteiger partial charge on any atom is -0.422 e. The number of aliphatic imine (C=N–C) groups is 1. The Morgan fingerprint density at radius 3 is 3.05 bits per heavy atom. The van der Waals surface area contributed by atoms with Crippen LogP contribution in [0.25, 0.3) is 11.0 Å². The molecule has 0 amide bonds. The highest BCUT2D eigenvalue weighted by molar-refractivity contribution is 8.93. The van der Waals surface area contributed by atoms with Crippen molar-refractivity contribution in [2.75, 3.05) is 18.8 Å². The third kappa shape index (κ3) is 2.11. The maximum atomic E-state index is 12.2. The van der Waals surface area contributed by atoms with Crippen LogP contribution in [0.2, 0.25) is 0 Å². The van der Waals surface area contributed by atoms with Gasteiger partial charge in [0, 0.05) is 11.9 Å². The van der Waals surface area contributed by atoms with E-state index in [2.05, 4.69) is 4.99 Å². The fourth-order valence-electron chi connectivity index (χ4n) is 2.70. The molecule has 0 bridgehead atoms. The van der Waals surface area contributed by atoms with Crippen LogP contribution in [0.4, 0.5) is 0 Å². The lowest BCUT2D eigenvalue weighted by Crippen LogP contribution is -2.46. The second-order valence-corrected chi connectivity index (χ2v) is 5.85. The maximum Gasteiger partial charge on any atom is 0.344 e. The zero-order valence-electron chi connectivity index (χ0n) is 11.0. The molecular formula is C14H13BrN2O3S. The van der Waals surface area contributed by atoms with Crippen molar-refractivity contribution < 1.29 is 9.52 Å². The van der Waals surface area contributed by atoms with Crippen LogP contribution in [-0.4, -0.2) is 34.0 Å². The Morgan fingerprint density at radius 1 is 1.38 bits per heavy atom. The first-order chi connectivity index (χ1) is 9.68. The molecule has 2 aromatic rings. The number of benzene rings is 1. The van der Waals surface area contributed by atoms with Crippen molar-refractivity contribution in [3.8, 4) is 0 Å². The molecule has 4 rings (SSSR count). The highest BCUT2D eigenvalue weighted by atomic mass is 79.9. The van der Waals surface area contributed by atoms with Crippen LogP contribution in [0.3, 0.4) is 0 Å². The van der Waals surface area contributed by atoms with E-state index in [9.17, 15) is 9.90 Å². The summed E-state index contributed by atoms with van der Waals surface area (Å²) in [4.78, 5) is 18.3. The molecule has 0 spiro atoms. The number of thioether (sulfide) groups is 1. The zero-order valence-corrected chi connectivity index (χ0v) is 13.5. The van der Waals surface area contributed by atoms with Gasteiger partial charge in [0.15, 0.2) is 10.9 Å². The molecule has 1 atom stereocenters. The quantitative estimate of drug-likeness (QED) is 0.779. The van der Waals surface area contributed by atoms with Crippen molar-refractivity contribution in [2.45, 2.75) is 5.72 Å². The summed E-state index contributed by atoms with van der Waals surface area (Å²) in [7, 11) is 0. The van der Waals surface area contributed by atoms with Gasteiger partial charge in [0.05, 0.1) is 17.9 Å². The number of nitrogens with zero attached hydrogens (tertiary/aromatic N) is 2. The zero-order chi connectivity index (χ0) is 13.7. The van der Waals surface area contributed by atoms with E-state index >= 15 is 0 Å². The molecule has 1 aromatic carbocycles. The van der Waals surface area contributed by atoms with E-state index in [0.717, 1.165) is 10.6 Å². The highest BCUT2D eigenvalue weighted by Gasteiger charge is 2.48. The standard InChI is InChI=1S/C14H12N2O3S.BrH/c17-12-10(7-9-3-1-2-4-11(9)19-12)14(18)8-20-13-15-5-6-16(13)14;/h1-4,7,18H,5-6,8H2;1H. The first-order valence-corrected chi connectivity index (χ1v) is 7.38. The van der Waals surface area contributed by atoms with Crippen molar-refractivity contribution in [1.82, 2.24) is 4.90 Å². The monoisotopic (exact) mass is 368 g/mol. The number of rotatable bonds is 1. The molecule has 1 aromatic heterocycles. The van der Waals surface area contributed by atoms with E-state index in [-0.39, 0.29) is 22.5 Å². The largest absolute Gasteiger partial charge is 0.422 e. The van der Waals surface area contributed by atoms with E-state index in [1.165, 1.54) is 11.8 Å². The van der Waals surface area contributed by atoms with E-state index in [4.69, 9.17) is 4.42 Å². The van der Waals surface area contributed by atoms with Gasteiger partial charge < -0.3 is 14.4 Å². The van der Waals surface area contributed by atoms with Crippen molar-refractivity contribution in [2.24, 2.45) is 4.99 Å². The topological polar surface area (TPSA) is 66.0 Å². The molecule has 5 nitrogen and oxygen atoms in total. The van der Waals surface area contributed by atoms with Crippen LogP contribution in [0.15, 0.2) is 44.5 Å². The van der Waals surface area contributed by atoms with Gasteiger partial charge in [-0.2, -0.15) is 0 Å². The van der Waals surface area contributed by atoms with Crippen molar-refractivity contribution in [1.29, 1.82) is 0 Å². The molecule has 0 radical (unpaired) electrons. The predicted octanol–water partition coefficient (Wildman–Crippen LogP) is 1.93. The van der Waals surface area contributed by atoms with Crippen LogP contribution >= 0.6 is 28.7 Å². The van der Waals surface area contributed by atoms with Crippen LogP contribution in [0.1, 0.15) is 5.56 Å². The fraction of sp³-hybridized carbons (Fsp3) is 0.286. The Kier molecular flexibility index (Phi) is 3.59. The molecule has 0 aliphatic carbocycles. The first kappa shape index (κ1) is 14.6. The highest BCUT2D eigenvalue weighted by Crippen LogP contribution is 2.39. The van der Waals surface area contributed by atoms with Gasteiger partial charge in [0.25, 0.3) is 0 Å². The number of hydrogen-bond acceptors (Lipinski definition) is 6. The Morgan fingerprint density at radius 2 is 2.19 bits per heavy atom. The van der Waals surface area contributed by atoms with Gasteiger partial charge in [-0.1, -0.05) is 30.0 Å². The van der Waals surface area contributed by atoms with Crippen molar-refractivity contribution in [3.05, 3.63) is 46.3 Å². The Labute approximate surface area is 135 Å². The van der Waals surface area contributed by atoms with E-state index in [1.807, 2.05) is 18.2 Å². The van der Waals surface area contributed by atoms with Gasteiger partial charge in [-0.15, -0.1) is 17.0 Å². The van der Waals surface area contributed by atoms with E-state index in [0.29, 0.717) is 24.4 Å². The van der Waals surface area contributed by atoms with Crippen LogP contribution in [0, 0.1) is 0 Å². The Bertz CT molecular complexity index is 791. The van der Waals surface area contributed by atoms with Crippen molar-refractivity contribution >= 4 is 44.9 Å². The van der Waals surface area contributed by atoms with Gasteiger partial charge in [0.1, 0.15) is 5.58 Å². The molecule has 7 heteroatoms.